The lowest BCUT2D eigenvalue weighted by molar-refractivity contribution is 0.387. The highest BCUT2D eigenvalue weighted by Gasteiger charge is 2.24. The van der Waals surface area contributed by atoms with Crippen LogP contribution in [0.25, 0.3) is 0 Å². The number of hydrazine groups is 1. The Morgan fingerprint density at radius 1 is 1.24 bits per heavy atom. The van der Waals surface area contributed by atoms with Crippen LogP contribution in [0.3, 0.4) is 0 Å². The fourth-order valence-corrected chi connectivity index (χ4v) is 2.59. The quantitative estimate of drug-likeness (QED) is 0.646. The highest BCUT2D eigenvalue weighted by molar-refractivity contribution is 5.47. The lowest BCUT2D eigenvalue weighted by Crippen LogP contribution is -2.30. The topological polar surface area (TPSA) is 74.3 Å². The molecule has 6 nitrogen and oxygen atoms in total. The van der Waals surface area contributed by atoms with Crippen LogP contribution in [0.2, 0.25) is 0 Å². The predicted molar refractivity (Wildman–Crippen MR) is 81.4 cm³/mol. The molecule has 0 amide bonds. The third-order valence-electron chi connectivity index (χ3n) is 3.77. The van der Waals surface area contributed by atoms with E-state index in [1.54, 1.807) is 14.2 Å². The SMILES string of the molecule is COc1ccc(C(NN)c2c(C)nn(C)c2C)c(OC)c1. The van der Waals surface area contributed by atoms with E-state index in [9.17, 15) is 0 Å². The van der Waals surface area contributed by atoms with E-state index in [4.69, 9.17) is 15.3 Å². The molecular formula is C15H22N4O2. The largest absolute Gasteiger partial charge is 0.497 e. The van der Waals surface area contributed by atoms with E-state index in [0.717, 1.165) is 34.0 Å². The summed E-state index contributed by atoms with van der Waals surface area (Å²) >= 11 is 0. The van der Waals surface area contributed by atoms with Gasteiger partial charge in [0.1, 0.15) is 11.5 Å². The molecule has 0 aliphatic heterocycles. The van der Waals surface area contributed by atoms with Gasteiger partial charge in [-0.15, -0.1) is 0 Å². The number of methoxy groups -OCH3 is 2. The molecule has 0 aliphatic rings. The molecule has 21 heavy (non-hydrogen) atoms. The number of benzene rings is 1. The molecule has 1 aromatic heterocycles. The van der Waals surface area contributed by atoms with Crippen molar-refractivity contribution in [3.05, 3.63) is 40.7 Å². The number of aromatic nitrogens is 2. The molecule has 0 saturated heterocycles. The van der Waals surface area contributed by atoms with E-state index in [1.165, 1.54) is 0 Å². The lowest BCUT2D eigenvalue weighted by Gasteiger charge is -2.20. The Kier molecular flexibility index (Phi) is 4.50. The van der Waals surface area contributed by atoms with Gasteiger partial charge in [0.05, 0.1) is 26.0 Å². The van der Waals surface area contributed by atoms with E-state index in [1.807, 2.05) is 43.8 Å². The van der Waals surface area contributed by atoms with Crippen molar-refractivity contribution in [2.75, 3.05) is 14.2 Å². The molecule has 0 bridgehead atoms. The monoisotopic (exact) mass is 290 g/mol. The zero-order chi connectivity index (χ0) is 15.6. The fraction of sp³-hybridized carbons (Fsp3) is 0.400. The lowest BCUT2D eigenvalue weighted by atomic mass is 9.96. The first-order valence-corrected chi connectivity index (χ1v) is 6.71. The summed E-state index contributed by atoms with van der Waals surface area (Å²) in [6.45, 7) is 4.00. The van der Waals surface area contributed by atoms with Crippen LogP contribution in [-0.2, 0) is 7.05 Å². The fourth-order valence-electron chi connectivity index (χ4n) is 2.59. The van der Waals surface area contributed by atoms with Crippen molar-refractivity contribution in [3.63, 3.8) is 0 Å². The summed E-state index contributed by atoms with van der Waals surface area (Å²) in [6.07, 6.45) is 0. The average molecular weight is 290 g/mol. The van der Waals surface area contributed by atoms with Gasteiger partial charge >= 0.3 is 0 Å². The van der Waals surface area contributed by atoms with Gasteiger partial charge in [-0.1, -0.05) is 0 Å². The molecule has 0 saturated carbocycles. The van der Waals surface area contributed by atoms with Crippen LogP contribution in [0.1, 0.15) is 28.6 Å². The highest BCUT2D eigenvalue weighted by Crippen LogP contribution is 2.34. The third kappa shape index (κ3) is 2.72. The van der Waals surface area contributed by atoms with Crippen molar-refractivity contribution in [1.29, 1.82) is 0 Å². The van der Waals surface area contributed by atoms with Gasteiger partial charge in [0.25, 0.3) is 0 Å². The van der Waals surface area contributed by atoms with Gasteiger partial charge in [-0.05, 0) is 26.0 Å². The summed E-state index contributed by atoms with van der Waals surface area (Å²) in [7, 11) is 5.18. The molecule has 1 unspecified atom stereocenters. The van der Waals surface area contributed by atoms with Gasteiger partial charge in [-0.3, -0.25) is 10.5 Å². The Morgan fingerprint density at radius 2 is 1.95 bits per heavy atom. The number of aryl methyl sites for hydroxylation is 2. The van der Waals surface area contributed by atoms with Crippen LogP contribution in [-0.4, -0.2) is 24.0 Å². The van der Waals surface area contributed by atoms with Gasteiger partial charge in [0, 0.05) is 29.9 Å². The summed E-state index contributed by atoms with van der Waals surface area (Å²) in [5.41, 5.74) is 6.87. The summed E-state index contributed by atoms with van der Waals surface area (Å²) in [6, 6.07) is 5.50. The summed E-state index contributed by atoms with van der Waals surface area (Å²) in [5, 5.41) is 4.45. The Labute approximate surface area is 124 Å². The minimum atomic E-state index is -0.195. The van der Waals surface area contributed by atoms with E-state index >= 15 is 0 Å². The van der Waals surface area contributed by atoms with Crippen molar-refractivity contribution >= 4 is 0 Å². The standard InChI is InChI=1S/C15H22N4O2/c1-9-14(10(2)19(3)18-9)15(17-16)12-7-6-11(20-4)8-13(12)21-5/h6-8,15,17H,16H2,1-5H3. The van der Waals surface area contributed by atoms with Crippen LogP contribution < -0.4 is 20.7 Å². The minimum absolute atomic E-state index is 0.195. The Bertz CT molecular complexity index is 637. The molecule has 2 rings (SSSR count). The highest BCUT2D eigenvalue weighted by atomic mass is 16.5. The Morgan fingerprint density at radius 3 is 2.43 bits per heavy atom. The maximum Gasteiger partial charge on any atom is 0.127 e. The van der Waals surface area contributed by atoms with E-state index < -0.39 is 0 Å². The third-order valence-corrected chi connectivity index (χ3v) is 3.77. The Hall–Kier alpha value is -2.05. The molecule has 1 heterocycles. The van der Waals surface area contributed by atoms with E-state index in [-0.39, 0.29) is 6.04 Å². The normalized spacial score (nSPS) is 12.3. The van der Waals surface area contributed by atoms with E-state index in [2.05, 4.69) is 10.5 Å². The van der Waals surface area contributed by atoms with Crippen molar-refractivity contribution < 1.29 is 9.47 Å². The molecule has 0 spiro atoms. The number of rotatable bonds is 5. The maximum atomic E-state index is 5.80. The van der Waals surface area contributed by atoms with Crippen LogP contribution >= 0.6 is 0 Å². The summed E-state index contributed by atoms with van der Waals surface area (Å²) < 4.78 is 12.6. The van der Waals surface area contributed by atoms with Crippen LogP contribution in [0.5, 0.6) is 11.5 Å². The molecule has 0 radical (unpaired) electrons. The second-order valence-corrected chi connectivity index (χ2v) is 4.92. The van der Waals surface area contributed by atoms with Crippen molar-refractivity contribution in [1.82, 2.24) is 15.2 Å². The summed E-state index contributed by atoms with van der Waals surface area (Å²) in [4.78, 5) is 0. The first-order chi connectivity index (χ1) is 10.0. The van der Waals surface area contributed by atoms with Crippen LogP contribution in [0.4, 0.5) is 0 Å². The van der Waals surface area contributed by atoms with Crippen molar-refractivity contribution in [2.24, 2.45) is 12.9 Å². The minimum Gasteiger partial charge on any atom is -0.497 e. The van der Waals surface area contributed by atoms with Crippen LogP contribution in [0, 0.1) is 13.8 Å². The molecule has 1 aromatic carbocycles. The second kappa shape index (κ2) is 6.15. The van der Waals surface area contributed by atoms with Gasteiger partial charge in [0.15, 0.2) is 0 Å². The van der Waals surface area contributed by atoms with Crippen molar-refractivity contribution in [2.45, 2.75) is 19.9 Å². The molecule has 114 valence electrons. The number of nitrogens with zero attached hydrogens (tertiary/aromatic N) is 2. The summed E-state index contributed by atoms with van der Waals surface area (Å²) in [5.74, 6) is 7.27. The van der Waals surface area contributed by atoms with Gasteiger partial charge in [0.2, 0.25) is 0 Å². The van der Waals surface area contributed by atoms with Crippen LogP contribution in [0.15, 0.2) is 18.2 Å². The van der Waals surface area contributed by atoms with Crippen molar-refractivity contribution in [3.8, 4) is 11.5 Å². The zero-order valence-electron chi connectivity index (χ0n) is 13.1. The van der Waals surface area contributed by atoms with Gasteiger partial charge < -0.3 is 9.47 Å². The predicted octanol–water partition coefficient (Wildman–Crippen LogP) is 1.61. The molecular weight excluding hydrogens is 268 g/mol. The van der Waals surface area contributed by atoms with E-state index in [0.29, 0.717) is 0 Å². The molecule has 2 aromatic rings. The first-order valence-electron chi connectivity index (χ1n) is 6.71. The van der Waals surface area contributed by atoms with Gasteiger partial charge in [-0.25, -0.2) is 5.43 Å². The average Bonchev–Trinajstić information content (AvgIpc) is 2.74. The molecule has 0 fully saturated rings. The maximum absolute atomic E-state index is 5.80. The zero-order valence-corrected chi connectivity index (χ0v) is 13.1. The van der Waals surface area contributed by atoms with Gasteiger partial charge in [-0.2, -0.15) is 5.10 Å². The molecule has 0 aliphatic carbocycles. The Balaban J connectivity index is 2.56. The molecule has 6 heteroatoms. The second-order valence-electron chi connectivity index (χ2n) is 4.92. The molecule has 1 atom stereocenters. The number of hydrogen-bond acceptors (Lipinski definition) is 5. The number of nitrogens with one attached hydrogen (secondary N) is 1. The number of ether oxygens (including phenoxy) is 2. The first kappa shape index (κ1) is 15.3. The smallest absolute Gasteiger partial charge is 0.127 e. The number of nitrogens with two attached hydrogens (primary N) is 1. The molecule has 3 N–H and O–H groups in total. The number of hydrogen-bond donors (Lipinski definition) is 2.